The van der Waals surface area contributed by atoms with Gasteiger partial charge in [-0.1, -0.05) is 36.2 Å². The first-order chi connectivity index (χ1) is 8.25. The molecule has 2 saturated heterocycles. The molecule has 0 radical (unpaired) electrons. The van der Waals surface area contributed by atoms with Crippen molar-refractivity contribution in [1.82, 2.24) is 4.90 Å². The standard InChI is InChI=1S/C15H21NO/c1-11-5-4-6-12(9-11)13-10-16-8-3-2-7-14(16)15(13)17/h4-6,9,13-15,17H,2-3,7-8,10H2,1H3. The Morgan fingerprint density at radius 1 is 1.29 bits per heavy atom. The van der Waals surface area contributed by atoms with Gasteiger partial charge < -0.3 is 5.11 Å². The number of aliphatic hydroxyl groups is 1. The number of hydrogen-bond donors (Lipinski definition) is 1. The van der Waals surface area contributed by atoms with E-state index in [0.717, 1.165) is 6.54 Å². The molecular weight excluding hydrogens is 210 g/mol. The van der Waals surface area contributed by atoms with E-state index in [1.165, 1.54) is 36.9 Å². The van der Waals surface area contributed by atoms with E-state index < -0.39 is 0 Å². The van der Waals surface area contributed by atoms with E-state index in [1.807, 2.05) is 0 Å². The van der Waals surface area contributed by atoms with E-state index in [9.17, 15) is 5.11 Å². The molecule has 2 aliphatic rings. The summed E-state index contributed by atoms with van der Waals surface area (Å²) in [5.74, 6) is 0.318. The Hall–Kier alpha value is -0.860. The quantitative estimate of drug-likeness (QED) is 0.801. The Morgan fingerprint density at radius 2 is 2.18 bits per heavy atom. The van der Waals surface area contributed by atoms with Crippen LogP contribution < -0.4 is 0 Å². The second kappa shape index (κ2) is 4.43. The van der Waals surface area contributed by atoms with Crippen molar-refractivity contribution >= 4 is 0 Å². The highest BCUT2D eigenvalue weighted by Crippen LogP contribution is 2.36. The smallest absolute Gasteiger partial charge is 0.0776 e. The maximum atomic E-state index is 10.5. The summed E-state index contributed by atoms with van der Waals surface area (Å²) in [7, 11) is 0. The zero-order valence-electron chi connectivity index (χ0n) is 10.5. The average molecular weight is 231 g/mol. The van der Waals surface area contributed by atoms with Crippen molar-refractivity contribution in [3.63, 3.8) is 0 Å². The Labute approximate surface area is 103 Å². The van der Waals surface area contributed by atoms with Crippen molar-refractivity contribution in [3.8, 4) is 0 Å². The van der Waals surface area contributed by atoms with Crippen LogP contribution in [-0.4, -0.2) is 35.2 Å². The SMILES string of the molecule is Cc1cccc(C2CN3CCCCC3C2O)c1. The monoisotopic (exact) mass is 231 g/mol. The highest BCUT2D eigenvalue weighted by atomic mass is 16.3. The summed E-state index contributed by atoms with van der Waals surface area (Å²) in [6.45, 7) is 4.33. The molecular formula is C15H21NO. The summed E-state index contributed by atoms with van der Waals surface area (Å²) in [6.07, 6.45) is 3.57. The van der Waals surface area contributed by atoms with Crippen LogP contribution in [0.2, 0.25) is 0 Å². The van der Waals surface area contributed by atoms with Crippen LogP contribution >= 0.6 is 0 Å². The number of aliphatic hydroxyl groups excluding tert-OH is 1. The summed E-state index contributed by atoms with van der Waals surface area (Å²) in [5, 5.41) is 10.5. The minimum Gasteiger partial charge on any atom is -0.391 e. The van der Waals surface area contributed by atoms with E-state index in [4.69, 9.17) is 0 Å². The van der Waals surface area contributed by atoms with Crippen LogP contribution in [0.4, 0.5) is 0 Å². The fraction of sp³-hybridized carbons (Fsp3) is 0.600. The second-order valence-electron chi connectivity index (χ2n) is 5.57. The largest absolute Gasteiger partial charge is 0.391 e. The van der Waals surface area contributed by atoms with Gasteiger partial charge in [-0.2, -0.15) is 0 Å². The van der Waals surface area contributed by atoms with E-state index in [0.29, 0.717) is 12.0 Å². The minimum absolute atomic E-state index is 0.169. The number of nitrogens with zero attached hydrogens (tertiary/aromatic N) is 1. The fourth-order valence-electron chi connectivity index (χ4n) is 3.46. The third kappa shape index (κ3) is 2.00. The highest BCUT2D eigenvalue weighted by molar-refractivity contribution is 5.28. The Kier molecular flexibility index (Phi) is 2.93. The molecule has 2 heteroatoms. The van der Waals surface area contributed by atoms with Crippen molar-refractivity contribution in [1.29, 1.82) is 0 Å². The molecule has 0 aliphatic carbocycles. The molecule has 0 amide bonds. The second-order valence-corrected chi connectivity index (χ2v) is 5.57. The summed E-state index contributed by atoms with van der Waals surface area (Å²) >= 11 is 0. The normalized spacial score (nSPS) is 33.6. The average Bonchev–Trinajstić information content (AvgIpc) is 2.68. The molecule has 0 aromatic heterocycles. The van der Waals surface area contributed by atoms with Crippen LogP contribution in [0.25, 0.3) is 0 Å². The van der Waals surface area contributed by atoms with Crippen molar-refractivity contribution in [2.75, 3.05) is 13.1 Å². The number of benzene rings is 1. The van der Waals surface area contributed by atoms with Crippen LogP contribution in [0.3, 0.4) is 0 Å². The molecule has 2 heterocycles. The van der Waals surface area contributed by atoms with Crippen molar-refractivity contribution in [3.05, 3.63) is 35.4 Å². The van der Waals surface area contributed by atoms with E-state index in [1.54, 1.807) is 0 Å². The fourth-order valence-corrected chi connectivity index (χ4v) is 3.46. The van der Waals surface area contributed by atoms with Gasteiger partial charge in [0.2, 0.25) is 0 Å². The molecule has 3 unspecified atom stereocenters. The van der Waals surface area contributed by atoms with Gasteiger partial charge in [-0.05, 0) is 31.9 Å². The topological polar surface area (TPSA) is 23.5 Å². The molecule has 3 atom stereocenters. The van der Waals surface area contributed by atoms with Gasteiger partial charge in [0.1, 0.15) is 0 Å². The molecule has 2 nitrogen and oxygen atoms in total. The molecule has 1 aromatic rings. The lowest BCUT2D eigenvalue weighted by Gasteiger charge is -2.30. The van der Waals surface area contributed by atoms with Crippen LogP contribution in [-0.2, 0) is 0 Å². The molecule has 0 spiro atoms. The molecule has 0 saturated carbocycles. The lowest BCUT2D eigenvalue weighted by molar-refractivity contribution is 0.0863. The zero-order chi connectivity index (χ0) is 11.8. The van der Waals surface area contributed by atoms with Gasteiger partial charge in [-0.25, -0.2) is 0 Å². The molecule has 2 fully saturated rings. The molecule has 1 N–H and O–H groups in total. The first kappa shape index (κ1) is 11.2. The van der Waals surface area contributed by atoms with E-state index >= 15 is 0 Å². The van der Waals surface area contributed by atoms with Crippen LogP contribution in [0.1, 0.15) is 36.3 Å². The maximum Gasteiger partial charge on any atom is 0.0776 e. The van der Waals surface area contributed by atoms with Gasteiger partial charge >= 0.3 is 0 Å². The number of rotatable bonds is 1. The van der Waals surface area contributed by atoms with Crippen LogP contribution in [0.5, 0.6) is 0 Å². The first-order valence-corrected chi connectivity index (χ1v) is 6.74. The number of fused-ring (bicyclic) bond motifs is 1. The number of aryl methyl sites for hydroxylation is 1. The highest BCUT2D eigenvalue weighted by Gasteiger charge is 2.41. The third-order valence-electron chi connectivity index (χ3n) is 4.37. The lowest BCUT2D eigenvalue weighted by Crippen LogP contribution is -2.38. The molecule has 17 heavy (non-hydrogen) atoms. The van der Waals surface area contributed by atoms with Crippen molar-refractivity contribution < 1.29 is 5.11 Å². The number of hydrogen-bond acceptors (Lipinski definition) is 2. The van der Waals surface area contributed by atoms with Crippen LogP contribution in [0, 0.1) is 6.92 Å². The minimum atomic E-state index is -0.169. The summed E-state index contributed by atoms with van der Waals surface area (Å²) in [5.41, 5.74) is 2.60. The van der Waals surface area contributed by atoms with E-state index in [2.05, 4.69) is 36.1 Å². The molecule has 1 aromatic carbocycles. The van der Waals surface area contributed by atoms with Gasteiger partial charge in [0.05, 0.1) is 6.10 Å². The number of piperidine rings is 1. The van der Waals surface area contributed by atoms with E-state index in [-0.39, 0.29) is 6.10 Å². The van der Waals surface area contributed by atoms with Gasteiger partial charge in [-0.15, -0.1) is 0 Å². The molecule has 3 rings (SSSR count). The summed E-state index contributed by atoms with van der Waals surface area (Å²) in [6, 6.07) is 9.03. The van der Waals surface area contributed by atoms with Crippen molar-refractivity contribution in [2.45, 2.75) is 44.2 Å². The van der Waals surface area contributed by atoms with Gasteiger partial charge in [0.15, 0.2) is 0 Å². The third-order valence-corrected chi connectivity index (χ3v) is 4.37. The Bertz CT molecular complexity index is 404. The predicted molar refractivity (Wildman–Crippen MR) is 69.1 cm³/mol. The van der Waals surface area contributed by atoms with Crippen LogP contribution in [0.15, 0.2) is 24.3 Å². The lowest BCUT2D eigenvalue weighted by atomic mass is 9.91. The first-order valence-electron chi connectivity index (χ1n) is 6.74. The Balaban J connectivity index is 1.85. The van der Waals surface area contributed by atoms with Crippen molar-refractivity contribution in [2.24, 2.45) is 0 Å². The summed E-state index contributed by atoms with van der Waals surface area (Å²) in [4.78, 5) is 2.49. The summed E-state index contributed by atoms with van der Waals surface area (Å²) < 4.78 is 0. The van der Waals surface area contributed by atoms with Gasteiger partial charge in [-0.3, -0.25) is 4.90 Å². The van der Waals surface area contributed by atoms with Gasteiger partial charge in [0.25, 0.3) is 0 Å². The maximum absolute atomic E-state index is 10.5. The Morgan fingerprint density at radius 3 is 2.94 bits per heavy atom. The molecule has 2 aliphatic heterocycles. The predicted octanol–water partition coefficient (Wildman–Crippen LogP) is 2.31. The molecule has 0 bridgehead atoms. The van der Waals surface area contributed by atoms with Gasteiger partial charge in [0, 0.05) is 18.5 Å². The molecule has 92 valence electrons. The zero-order valence-corrected chi connectivity index (χ0v) is 10.5.